The van der Waals surface area contributed by atoms with Crippen molar-refractivity contribution in [2.24, 2.45) is 0 Å². The smallest absolute Gasteiger partial charge is 0.416 e. The Morgan fingerprint density at radius 2 is 1.47 bits per heavy atom. The first kappa shape index (κ1) is 15.7. The van der Waals surface area contributed by atoms with Crippen LogP contribution in [0.15, 0.2) is 30.3 Å². The van der Waals surface area contributed by atoms with Gasteiger partial charge in [0.25, 0.3) is 0 Å². The van der Waals surface area contributed by atoms with Gasteiger partial charge in [-0.25, -0.2) is 0 Å². The molecule has 0 unspecified atom stereocenters. The molecule has 19 heavy (non-hydrogen) atoms. The van der Waals surface area contributed by atoms with Crippen LogP contribution in [0.1, 0.15) is 11.1 Å². The van der Waals surface area contributed by atoms with Gasteiger partial charge >= 0.3 is 12.3 Å². The molecule has 1 aromatic rings. The molecule has 0 aliphatic rings. The molecule has 0 atom stereocenters. The standard InChI is InChI=1S/C12H13F5OSi/c1-19(2,3)18-10(11(13)14)8-4-6-9(7-5-8)12(15,16)17/h4-7H,1-3H3. The maximum absolute atomic E-state index is 12.8. The third-order valence-electron chi connectivity index (χ3n) is 2.05. The minimum Gasteiger partial charge on any atom is -0.540 e. The van der Waals surface area contributed by atoms with Gasteiger partial charge in [-0.3, -0.25) is 0 Å². The monoisotopic (exact) mass is 296 g/mol. The molecule has 0 aliphatic carbocycles. The van der Waals surface area contributed by atoms with Crippen LogP contribution in [-0.4, -0.2) is 8.32 Å². The molecule has 0 saturated carbocycles. The average Bonchev–Trinajstić information content (AvgIpc) is 2.23. The van der Waals surface area contributed by atoms with E-state index in [1.165, 1.54) is 0 Å². The van der Waals surface area contributed by atoms with Crippen molar-refractivity contribution < 1.29 is 26.4 Å². The lowest BCUT2D eigenvalue weighted by Crippen LogP contribution is -2.24. The van der Waals surface area contributed by atoms with E-state index in [2.05, 4.69) is 0 Å². The van der Waals surface area contributed by atoms with Gasteiger partial charge in [0.15, 0.2) is 5.76 Å². The zero-order valence-corrected chi connectivity index (χ0v) is 11.6. The number of alkyl halides is 3. The van der Waals surface area contributed by atoms with E-state index >= 15 is 0 Å². The van der Waals surface area contributed by atoms with E-state index in [1.54, 1.807) is 19.6 Å². The summed E-state index contributed by atoms with van der Waals surface area (Å²) in [7, 11) is -2.28. The predicted octanol–water partition coefficient (Wildman–Crippen LogP) is 5.12. The quantitative estimate of drug-likeness (QED) is 0.427. The Kier molecular flexibility index (Phi) is 4.39. The van der Waals surface area contributed by atoms with Crippen molar-refractivity contribution in [3.8, 4) is 0 Å². The van der Waals surface area contributed by atoms with E-state index in [9.17, 15) is 22.0 Å². The lowest BCUT2D eigenvalue weighted by molar-refractivity contribution is -0.137. The minimum absolute atomic E-state index is 0.0598. The van der Waals surface area contributed by atoms with Gasteiger partial charge in [-0.15, -0.1) is 0 Å². The Morgan fingerprint density at radius 1 is 1.00 bits per heavy atom. The van der Waals surface area contributed by atoms with Crippen LogP contribution in [0, 0.1) is 0 Å². The Labute approximate surface area is 108 Å². The van der Waals surface area contributed by atoms with Crippen LogP contribution in [0.5, 0.6) is 0 Å². The van der Waals surface area contributed by atoms with Gasteiger partial charge in [0, 0.05) is 5.56 Å². The molecule has 0 fully saturated rings. The molecule has 0 heterocycles. The number of hydrogen-bond acceptors (Lipinski definition) is 1. The van der Waals surface area contributed by atoms with Crippen LogP contribution in [0.25, 0.3) is 5.76 Å². The first-order valence-corrected chi connectivity index (χ1v) is 8.83. The molecule has 0 spiro atoms. The fourth-order valence-electron chi connectivity index (χ4n) is 1.32. The van der Waals surface area contributed by atoms with Crippen molar-refractivity contribution in [1.82, 2.24) is 0 Å². The van der Waals surface area contributed by atoms with Crippen LogP contribution in [0.3, 0.4) is 0 Å². The number of benzene rings is 1. The van der Waals surface area contributed by atoms with E-state index in [0.29, 0.717) is 0 Å². The molecule has 0 aliphatic heterocycles. The summed E-state index contributed by atoms with van der Waals surface area (Å²) in [6.07, 6.45) is -6.53. The summed E-state index contributed by atoms with van der Waals surface area (Å²) >= 11 is 0. The van der Waals surface area contributed by atoms with Gasteiger partial charge in [-0.2, -0.15) is 22.0 Å². The fourth-order valence-corrected chi connectivity index (χ4v) is 2.13. The van der Waals surface area contributed by atoms with Gasteiger partial charge in [0.2, 0.25) is 8.32 Å². The van der Waals surface area contributed by atoms with Crippen molar-refractivity contribution in [3.63, 3.8) is 0 Å². The lowest BCUT2D eigenvalue weighted by Gasteiger charge is -2.21. The third-order valence-corrected chi connectivity index (χ3v) is 2.87. The van der Waals surface area contributed by atoms with E-state index in [0.717, 1.165) is 24.3 Å². The number of rotatable bonds is 3. The van der Waals surface area contributed by atoms with Crippen LogP contribution in [-0.2, 0) is 10.6 Å². The second kappa shape index (κ2) is 5.32. The lowest BCUT2D eigenvalue weighted by atomic mass is 10.1. The Bertz CT molecular complexity index is 466. The summed E-state index contributed by atoms with van der Waals surface area (Å²) in [6.45, 7) is 5.13. The normalized spacial score (nSPS) is 12.2. The molecule has 1 nitrogen and oxygen atoms in total. The van der Waals surface area contributed by atoms with E-state index in [4.69, 9.17) is 4.43 Å². The molecular formula is C12H13F5OSi. The molecule has 0 amide bonds. The summed E-state index contributed by atoms with van der Waals surface area (Å²) in [6, 6.07) is 3.48. The Morgan fingerprint density at radius 3 is 1.79 bits per heavy atom. The van der Waals surface area contributed by atoms with Crippen molar-refractivity contribution in [2.75, 3.05) is 0 Å². The van der Waals surface area contributed by atoms with Crippen LogP contribution >= 0.6 is 0 Å². The predicted molar refractivity (Wildman–Crippen MR) is 65.0 cm³/mol. The Hall–Kier alpha value is -1.37. The number of hydrogen-bond donors (Lipinski definition) is 0. The van der Waals surface area contributed by atoms with E-state index in [1.807, 2.05) is 0 Å². The molecule has 0 N–H and O–H groups in total. The zero-order valence-electron chi connectivity index (χ0n) is 10.6. The van der Waals surface area contributed by atoms with Crippen molar-refractivity contribution in [3.05, 3.63) is 41.5 Å². The van der Waals surface area contributed by atoms with Crippen molar-refractivity contribution in [2.45, 2.75) is 25.8 Å². The molecule has 0 saturated heterocycles. The zero-order chi connectivity index (χ0) is 14.8. The van der Waals surface area contributed by atoms with Gasteiger partial charge in [0.05, 0.1) is 5.56 Å². The highest BCUT2D eigenvalue weighted by Crippen LogP contribution is 2.32. The second-order valence-corrected chi connectivity index (χ2v) is 9.31. The number of halogens is 5. The summed E-state index contributed by atoms with van der Waals surface area (Å²) < 4.78 is 67.9. The largest absolute Gasteiger partial charge is 0.540 e. The highest BCUT2D eigenvalue weighted by atomic mass is 28.4. The van der Waals surface area contributed by atoms with E-state index < -0.39 is 31.9 Å². The first-order chi connectivity index (χ1) is 8.50. The topological polar surface area (TPSA) is 9.23 Å². The SMILES string of the molecule is C[Si](C)(C)OC(=C(F)F)c1ccc(C(F)(F)F)cc1. The highest BCUT2D eigenvalue weighted by Gasteiger charge is 2.30. The van der Waals surface area contributed by atoms with Crippen LogP contribution in [0.4, 0.5) is 22.0 Å². The van der Waals surface area contributed by atoms with E-state index in [-0.39, 0.29) is 5.56 Å². The second-order valence-electron chi connectivity index (χ2n) is 4.88. The summed E-state index contributed by atoms with van der Waals surface area (Å²) in [5, 5.41) is 0. The van der Waals surface area contributed by atoms with Gasteiger partial charge < -0.3 is 4.43 Å². The summed E-state index contributed by atoms with van der Waals surface area (Å²) in [4.78, 5) is 0. The molecule has 7 heteroatoms. The molecule has 1 aromatic carbocycles. The maximum atomic E-state index is 12.8. The molecule has 0 aromatic heterocycles. The Balaban J connectivity index is 3.11. The van der Waals surface area contributed by atoms with Crippen molar-refractivity contribution >= 4 is 14.1 Å². The third kappa shape index (κ3) is 4.66. The summed E-state index contributed by atoms with van der Waals surface area (Å²) in [5.74, 6) is -0.645. The van der Waals surface area contributed by atoms with Crippen LogP contribution in [0.2, 0.25) is 19.6 Å². The molecule has 1 rings (SSSR count). The minimum atomic E-state index is -4.49. The fraction of sp³-hybridized carbons (Fsp3) is 0.333. The molecule has 106 valence electrons. The van der Waals surface area contributed by atoms with Crippen molar-refractivity contribution in [1.29, 1.82) is 0 Å². The van der Waals surface area contributed by atoms with Gasteiger partial charge in [0.1, 0.15) is 0 Å². The van der Waals surface area contributed by atoms with Gasteiger partial charge in [-0.1, -0.05) is 12.1 Å². The van der Waals surface area contributed by atoms with Crippen LogP contribution < -0.4 is 0 Å². The highest BCUT2D eigenvalue weighted by molar-refractivity contribution is 6.70. The summed E-state index contributed by atoms with van der Waals surface area (Å²) in [5.41, 5.74) is -0.946. The molecule has 0 bridgehead atoms. The maximum Gasteiger partial charge on any atom is 0.416 e. The molecular weight excluding hydrogens is 283 g/mol. The first-order valence-electron chi connectivity index (χ1n) is 5.42. The molecule has 0 radical (unpaired) electrons. The average molecular weight is 296 g/mol. The van der Waals surface area contributed by atoms with Gasteiger partial charge in [-0.05, 0) is 31.8 Å².